The van der Waals surface area contributed by atoms with Crippen LogP contribution >= 0.6 is 11.8 Å². The van der Waals surface area contributed by atoms with Gasteiger partial charge in [0, 0.05) is 6.54 Å². The summed E-state index contributed by atoms with van der Waals surface area (Å²) in [5.74, 6) is 0.736. The highest BCUT2D eigenvalue weighted by molar-refractivity contribution is 7.98. The molecule has 1 aromatic carbocycles. The fraction of sp³-hybridized carbons (Fsp3) is 0.538. The van der Waals surface area contributed by atoms with Crippen molar-refractivity contribution in [2.24, 2.45) is 5.92 Å². The van der Waals surface area contributed by atoms with Gasteiger partial charge >= 0.3 is 0 Å². The van der Waals surface area contributed by atoms with Gasteiger partial charge in [-0.2, -0.15) is 11.8 Å². The number of sulfonamides is 1. The Labute approximate surface area is 119 Å². The molecule has 0 aromatic heterocycles. The van der Waals surface area contributed by atoms with E-state index >= 15 is 0 Å². The number of rotatable bonds is 6. The van der Waals surface area contributed by atoms with Crippen LogP contribution in [-0.4, -0.2) is 27.0 Å². The van der Waals surface area contributed by atoms with Crippen molar-refractivity contribution in [2.75, 3.05) is 18.6 Å². The molecule has 1 N–H and O–H groups in total. The molecule has 6 heteroatoms. The molecule has 0 spiro atoms. The average molecular weight is 305 g/mol. The maximum Gasteiger partial charge on any atom is 0.241 e. The van der Waals surface area contributed by atoms with Gasteiger partial charge in [-0.3, -0.25) is 0 Å². The van der Waals surface area contributed by atoms with Crippen molar-refractivity contribution in [1.82, 2.24) is 4.72 Å². The first-order valence-electron chi connectivity index (χ1n) is 6.03. The fourth-order valence-electron chi connectivity index (χ4n) is 1.99. The van der Waals surface area contributed by atoms with Gasteiger partial charge < -0.3 is 0 Å². The smallest absolute Gasteiger partial charge is 0.211 e. The summed E-state index contributed by atoms with van der Waals surface area (Å²) in [5, 5.41) is 0. The number of benzene rings is 1. The van der Waals surface area contributed by atoms with Crippen molar-refractivity contribution in [3.8, 4) is 0 Å². The van der Waals surface area contributed by atoms with Crippen LogP contribution in [0.15, 0.2) is 17.0 Å². The summed E-state index contributed by atoms with van der Waals surface area (Å²) in [6.45, 7) is 5.59. The van der Waals surface area contributed by atoms with Gasteiger partial charge in [0.15, 0.2) is 0 Å². The van der Waals surface area contributed by atoms with E-state index in [1.165, 1.54) is 12.1 Å². The topological polar surface area (TPSA) is 46.2 Å². The average Bonchev–Trinajstić information content (AvgIpc) is 2.25. The van der Waals surface area contributed by atoms with Gasteiger partial charge in [0.05, 0.1) is 4.90 Å². The zero-order valence-corrected chi connectivity index (χ0v) is 13.3. The molecule has 0 aliphatic heterocycles. The minimum Gasteiger partial charge on any atom is -0.211 e. The molecule has 0 saturated heterocycles. The highest BCUT2D eigenvalue weighted by Gasteiger charge is 2.20. The molecule has 3 nitrogen and oxygen atoms in total. The van der Waals surface area contributed by atoms with Crippen LogP contribution in [0.5, 0.6) is 0 Å². The van der Waals surface area contributed by atoms with Gasteiger partial charge in [0.1, 0.15) is 5.82 Å². The first-order chi connectivity index (χ1) is 8.77. The van der Waals surface area contributed by atoms with E-state index in [-0.39, 0.29) is 10.8 Å². The highest BCUT2D eigenvalue weighted by atomic mass is 32.2. The van der Waals surface area contributed by atoms with Crippen LogP contribution in [0.3, 0.4) is 0 Å². The second-order valence-electron chi connectivity index (χ2n) is 4.78. The van der Waals surface area contributed by atoms with Gasteiger partial charge in [-0.25, -0.2) is 17.5 Å². The van der Waals surface area contributed by atoms with Crippen LogP contribution in [0.25, 0.3) is 0 Å². The molecule has 1 atom stereocenters. The van der Waals surface area contributed by atoms with Crippen molar-refractivity contribution in [2.45, 2.75) is 25.7 Å². The molecular formula is C13H20FNO2S2. The maximum atomic E-state index is 13.2. The van der Waals surface area contributed by atoms with Crippen molar-refractivity contribution < 1.29 is 12.8 Å². The molecule has 1 rings (SSSR count). The van der Waals surface area contributed by atoms with E-state index in [9.17, 15) is 12.8 Å². The zero-order valence-electron chi connectivity index (χ0n) is 11.7. The number of aryl methyl sites for hydroxylation is 2. The molecule has 1 aromatic rings. The third-order valence-corrected chi connectivity index (χ3v) is 5.40. The van der Waals surface area contributed by atoms with Gasteiger partial charge in [0.25, 0.3) is 0 Å². The van der Waals surface area contributed by atoms with Crippen molar-refractivity contribution >= 4 is 21.8 Å². The summed E-state index contributed by atoms with van der Waals surface area (Å²) >= 11 is 1.68. The number of nitrogens with one attached hydrogen (secondary N) is 1. The molecule has 1 unspecified atom stereocenters. The molecule has 0 aliphatic rings. The van der Waals surface area contributed by atoms with Crippen LogP contribution in [0.2, 0.25) is 0 Å². The Morgan fingerprint density at radius 3 is 2.32 bits per heavy atom. The fourth-order valence-corrected chi connectivity index (χ4v) is 4.29. The molecule has 0 heterocycles. The lowest BCUT2D eigenvalue weighted by Gasteiger charge is -2.15. The zero-order chi connectivity index (χ0) is 14.6. The first-order valence-corrected chi connectivity index (χ1v) is 8.91. The SMILES string of the molecule is CSCC(C)CNS(=O)(=O)c1c(C)cc(F)cc1C. The van der Waals surface area contributed by atoms with Crippen LogP contribution in [0.4, 0.5) is 4.39 Å². The maximum absolute atomic E-state index is 13.2. The number of hydrogen-bond acceptors (Lipinski definition) is 3. The van der Waals surface area contributed by atoms with Crippen LogP contribution < -0.4 is 4.72 Å². The summed E-state index contributed by atoms with van der Waals surface area (Å²) in [6.07, 6.45) is 1.99. The van der Waals surface area contributed by atoms with E-state index in [0.717, 1.165) is 5.75 Å². The largest absolute Gasteiger partial charge is 0.241 e. The minimum atomic E-state index is -3.58. The van der Waals surface area contributed by atoms with Crippen molar-refractivity contribution in [1.29, 1.82) is 0 Å². The van der Waals surface area contributed by atoms with Gasteiger partial charge in [-0.1, -0.05) is 6.92 Å². The van der Waals surface area contributed by atoms with E-state index < -0.39 is 15.8 Å². The molecular weight excluding hydrogens is 285 g/mol. The predicted molar refractivity (Wildman–Crippen MR) is 78.6 cm³/mol. The molecule has 19 heavy (non-hydrogen) atoms. The van der Waals surface area contributed by atoms with Gasteiger partial charge in [-0.15, -0.1) is 0 Å². The van der Waals surface area contributed by atoms with E-state index in [4.69, 9.17) is 0 Å². The van der Waals surface area contributed by atoms with E-state index in [0.29, 0.717) is 17.7 Å². The lowest BCUT2D eigenvalue weighted by molar-refractivity contribution is 0.560. The van der Waals surface area contributed by atoms with Crippen molar-refractivity contribution in [3.05, 3.63) is 29.1 Å². The van der Waals surface area contributed by atoms with Crippen LogP contribution in [0, 0.1) is 25.6 Å². The standard InChI is InChI=1S/C13H20FNO2S2/c1-9(8-18-4)7-15-19(16,17)13-10(2)5-12(14)6-11(13)3/h5-6,9,15H,7-8H2,1-4H3. The lowest BCUT2D eigenvalue weighted by Crippen LogP contribution is -2.30. The normalized spacial score (nSPS) is 13.5. The Hall–Kier alpha value is -0.590. The highest BCUT2D eigenvalue weighted by Crippen LogP contribution is 2.21. The number of hydrogen-bond donors (Lipinski definition) is 1. The van der Waals surface area contributed by atoms with Crippen LogP contribution in [0.1, 0.15) is 18.1 Å². The molecule has 0 amide bonds. The van der Waals surface area contributed by atoms with E-state index in [1.807, 2.05) is 13.2 Å². The molecule has 108 valence electrons. The third kappa shape index (κ3) is 4.47. The summed E-state index contributed by atoms with van der Waals surface area (Å²) in [4.78, 5) is 0.185. The number of halogens is 1. The van der Waals surface area contributed by atoms with Gasteiger partial charge in [0.2, 0.25) is 10.0 Å². The van der Waals surface area contributed by atoms with Crippen molar-refractivity contribution in [3.63, 3.8) is 0 Å². The second kappa shape index (κ2) is 6.72. The minimum absolute atomic E-state index is 0.185. The number of thioether (sulfide) groups is 1. The molecule has 0 radical (unpaired) electrons. The van der Waals surface area contributed by atoms with Gasteiger partial charge in [-0.05, 0) is 55.0 Å². The molecule has 0 fully saturated rings. The summed E-state index contributed by atoms with van der Waals surface area (Å²) in [5.41, 5.74) is 0.866. The molecule has 0 aliphatic carbocycles. The summed E-state index contributed by atoms with van der Waals surface area (Å²) < 4.78 is 40.3. The third-order valence-electron chi connectivity index (χ3n) is 2.77. The Morgan fingerprint density at radius 1 is 1.32 bits per heavy atom. The van der Waals surface area contributed by atoms with Crippen LogP contribution in [-0.2, 0) is 10.0 Å². The van der Waals surface area contributed by atoms with E-state index in [2.05, 4.69) is 4.72 Å². The molecule has 0 saturated carbocycles. The Kier molecular flexibility index (Phi) is 5.82. The predicted octanol–water partition coefficient (Wildman–Crippen LogP) is 2.72. The second-order valence-corrected chi connectivity index (χ2v) is 7.40. The Balaban J connectivity index is 2.95. The first kappa shape index (κ1) is 16.5. The van der Waals surface area contributed by atoms with E-state index in [1.54, 1.807) is 25.6 Å². The Morgan fingerprint density at radius 2 is 1.84 bits per heavy atom. The summed E-state index contributed by atoms with van der Waals surface area (Å²) in [6, 6.07) is 2.49. The summed E-state index contributed by atoms with van der Waals surface area (Å²) in [7, 11) is -3.58. The lowest BCUT2D eigenvalue weighted by atomic mass is 10.1. The quantitative estimate of drug-likeness (QED) is 0.879. The Bertz CT molecular complexity index is 521. The monoisotopic (exact) mass is 305 g/mol. The molecule has 0 bridgehead atoms.